The summed E-state index contributed by atoms with van der Waals surface area (Å²) in [7, 11) is -1.88. The first-order valence-electron chi connectivity index (χ1n) is 10.9. The molecule has 1 aliphatic heterocycles. The van der Waals surface area contributed by atoms with Crippen LogP contribution >= 0.6 is 11.3 Å². The fourth-order valence-electron chi connectivity index (χ4n) is 4.23. The van der Waals surface area contributed by atoms with Crippen molar-refractivity contribution in [1.29, 1.82) is 0 Å². The molecule has 1 N–H and O–H groups in total. The Hall–Kier alpha value is -2.39. The van der Waals surface area contributed by atoms with Crippen molar-refractivity contribution in [3.63, 3.8) is 0 Å². The average Bonchev–Trinajstić information content (AvgIpc) is 3.35. The SMILES string of the molecule is COc1cccc(C[C@@H]2CN(S(=O)(=O)c3cccs3)CCN2c2ccc(C(C)(C)O)cc2)c1. The van der Waals surface area contributed by atoms with Crippen LogP contribution in [0.2, 0.25) is 0 Å². The van der Waals surface area contributed by atoms with E-state index in [2.05, 4.69) is 4.90 Å². The molecule has 4 rings (SSSR count). The van der Waals surface area contributed by atoms with Crippen LogP contribution in [0.4, 0.5) is 5.69 Å². The van der Waals surface area contributed by atoms with Crippen molar-refractivity contribution >= 4 is 27.0 Å². The topological polar surface area (TPSA) is 70.1 Å². The number of benzene rings is 2. The number of hydrogen-bond donors (Lipinski definition) is 1. The van der Waals surface area contributed by atoms with Gasteiger partial charge in [0.1, 0.15) is 9.96 Å². The van der Waals surface area contributed by atoms with E-state index in [1.54, 1.807) is 42.8 Å². The normalized spacial score (nSPS) is 17.8. The van der Waals surface area contributed by atoms with Crippen LogP contribution in [0.25, 0.3) is 0 Å². The molecule has 0 saturated carbocycles. The number of rotatable bonds is 7. The maximum absolute atomic E-state index is 13.2. The van der Waals surface area contributed by atoms with Crippen molar-refractivity contribution in [3.05, 3.63) is 77.2 Å². The maximum Gasteiger partial charge on any atom is 0.252 e. The number of aliphatic hydroxyl groups is 1. The van der Waals surface area contributed by atoms with Crippen molar-refractivity contribution in [2.24, 2.45) is 0 Å². The van der Waals surface area contributed by atoms with Gasteiger partial charge in [0.2, 0.25) is 0 Å². The summed E-state index contributed by atoms with van der Waals surface area (Å²) >= 11 is 1.25. The molecule has 1 aromatic heterocycles. The van der Waals surface area contributed by atoms with Gasteiger partial charge in [-0.1, -0.05) is 30.3 Å². The molecule has 0 spiro atoms. The number of piperazine rings is 1. The Morgan fingerprint density at radius 1 is 1.09 bits per heavy atom. The van der Waals surface area contributed by atoms with Gasteiger partial charge in [0.05, 0.1) is 12.7 Å². The zero-order valence-electron chi connectivity index (χ0n) is 19.1. The fourth-order valence-corrected chi connectivity index (χ4v) is 6.84. The molecule has 8 heteroatoms. The number of sulfonamides is 1. The van der Waals surface area contributed by atoms with Crippen molar-refractivity contribution in [3.8, 4) is 5.75 Å². The second kappa shape index (κ2) is 9.46. The predicted octanol–water partition coefficient (Wildman–Crippen LogP) is 4.11. The van der Waals surface area contributed by atoms with Gasteiger partial charge in [0.25, 0.3) is 10.0 Å². The molecule has 2 aromatic carbocycles. The lowest BCUT2D eigenvalue weighted by Gasteiger charge is -2.42. The highest BCUT2D eigenvalue weighted by Gasteiger charge is 2.35. The Kier molecular flexibility index (Phi) is 6.81. The van der Waals surface area contributed by atoms with Crippen LogP contribution in [0, 0.1) is 0 Å². The van der Waals surface area contributed by atoms with Crippen molar-refractivity contribution < 1.29 is 18.3 Å². The molecular weight excluding hydrogens is 456 g/mol. The van der Waals surface area contributed by atoms with Gasteiger partial charge in [-0.05, 0) is 67.1 Å². The van der Waals surface area contributed by atoms with Crippen LogP contribution in [-0.4, -0.2) is 50.6 Å². The van der Waals surface area contributed by atoms with E-state index in [0.29, 0.717) is 30.3 Å². The van der Waals surface area contributed by atoms with Gasteiger partial charge in [-0.3, -0.25) is 0 Å². The van der Waals surface area contributed by atoms with E-state index in [-0.39, 0.29) is 6.04 Å². The Bertz CT molecular complexity index is 1170. The summed E-state index contributed by atoms with van der Waals surface area (Å²) < 4.78 is 33.8. The van der Waals surface area contributed by atoms with Gasteiger partial charge < -0.3 is 14.7 Å². The Balaban J connectivity index is 1.64. The number of ether oxygens (including phenoxy) is 1. The largest absolute Gasteiger partial charge is 0.497 e. The molecule has 0 unspecified atom stereocenters. The third-order valence-corrected chi connectivity index (χ3v) is 9.28. The summed E-state index contributed by atoms with van der Waals surface area (Å²) in [6.45, 7) is 4.93. The maximum atomic E-state index is 13.2. The molecule has 0 radical (unpaired) electrons. The van der Waals surface area contributed by atoms with Crippen molar-refractivity contribution in [1.82, 2.24) is 4.31 Å². The Labute approximate surface area is 200 Å². The van der Waals surface area contributed by atoms with Gasteiger partial charge in [-0.25, -0.2) is 8.42 Å². The lowest BCUT2D eigenvalue weighted by atomic mass is 9.97. The molecule has 2 heterocycles. The molecule has 1 fully saturated rings. The summed E-state index contributed by atoms with van der Waals surface area (Å²) in [4.78, 5) is 2.27. The van der Waals surface area contributed by atoms with E-state index >= 15 is 0 Å². The van der Waals surface area contributed by atoms with E-state index in [1.807, 2.05) is 48.5 Å². The van der Waals surface area contributed by atoms with Crippen molar-refractivity contribution in [2.75, 3.05) is 31.6 Å². The number of methoxy groups -OCH3 is 1. The molecule has 0 amide bonds. The Morgan fingerprint density at radius 2 is 1.85 bits per heavy atom. The lowest BCUT2D eigenvalue weighted by Crippen LogP contribution is -2.55. The predicted molar refractivity (Wildman–Crippen MR) is 133 cm³/mol. The van der Waals surface area contributed by atoms with Gasteiger partial charge in [-0.15, -0.1) is 11.3 Å². The van der Waals surface area contributed by atoms with Crippen LogP contribution in [-0.2, 0) is 22.0 Å². The monoisotopic (exact) mass is 486 g/mol. The highest BCUT2D eigenvalue weighted by Crippen LogP contribution is 2.30. The first-order chi connectivity index (χ1) is 15.7. The van der Waals surface area contributed by atoms with Crippen LogP contribution in [0.15, 0.2) is 70.3 Å². The van der Waals surface area contributed by atoms with Crippen LogP contribution < -0.4 is 9.64 Å². The summed E-state index contributed by atoms with van der Waals surface area (Å²) in [5.41, 5.74) is 2.04. The second-order valence-corrected chi connectivity index (χ2v) is 11.9. The van der Waals surface area contributed by atoms with Gasteiger partial charge >= 0.3 is 0 Å². The van der Waals surface area contributed by atoms with E-state index in [1.165, 1.54) is 11.3 Å². The number of anilines is 1. The summed E-state index contributed by atoms with van der Waals surface area (Å²) in [5.74, 6) is 0.785. The van der Waals surface area contributed by atoms with Crippen LogP contribution in [0.1, 0.15) is 25.0 Å². The summed E-state index contributed by atoms with van der Waals surface area (Å²) in [6, 6.07) is 19.2. The van der Waals surface area contributed by atoms with E-state index in [0.717, 1.165) is 22.6 Å². The highest BCUT2D eigenvalue weighted by molar-refractivity contribution is 7.91. The van der Waals surface area contributed by atoms with Crippen molar-refractivity contribution in [2.45, 2.75) is 36.1 Å². The quantitative estimate of drug-likeness (QED) is 0.544. The van der Waals surface area contributed by atoms with E-state index < -0.39 is 15.6 Å². The third-order valence-electron chi connectivity index (χ3n) is 6.05. The van der Waals surface area contributed by atoms with E-state index in [9.17, 15) is 13.5 Å². The third kappa shape index (κ3) is 5.24. The first-order valence-corrected chi connectivity index (χ1v) is 13.3. The minimum atomic E-state index is -3.52. The molecule has 6 nitrogen and oxygen atoms in total. The average molecular weight is 487 g/mol. The number of nitrogens with zero attached hydrogens (tertiary/aromatic N) is 2. The highest BCUT2D eigenvalue weighted by atomic mass is 32.2. The van der Waals surface area contributed by atoms with Gasteiger partial charge in [0.15, 0.2) is 0 Å². The zero-order valence-corrected chi connectivity index (χ0v) is 20.8. The molecule has 1 aliphatic rings. The molecule has 0 bridgehead atoms. The smallest absolute Gasteiger partial charge is 0.252 e. The molecule has 176 valence electrons. The minimum Gasteiger partial charge on any atom is -0.497 e. The first kappa shape index (κ1) is 23.8. The molecule has 33 heavy (non-hydrogen) atoms. The van der Waals surface area contributed by atoms with E-state index in [4.69, 9.17) is 4.74 Å². The molecule has 0 aliphatic carbocycles. The molecule has 1 atom stereocenters. The fraction of sp³-hybridized carbons (Fsp3) is 0.360. The van der Waals surface area contributed by atoms with Gasteiger partial charge in [-0.2, -0.15) is 4.31 Å². The summed E-state index contributed by atoms with van der Waals surface area (Å²) in [6.07, 6.45) is 0.681. The zero-order chi connectivity index (χ0) is 23.6. The summed E-state index contributed by atoms with van der Waals surface area (Å²) in [5, 5.41) is 12.1. The molecule has 3 aromatic rings. The number of thiophene rings is 1. The molecular formula is C25H30N2O4S2. The van der Waals surface area contributed by atoms with Gasteiger partial charge in [0, 0.05) is 31.4 Å². The minimum absolute atomic E-state index is 0.0476. The Morgan fingerprint density at radius 3 is 2.48 bits per heavy atom. The second-order valence-electron chi connectivity index (χ2n) is 8.80. The molecule has 1 saturated heterocycles. The number of hydrogen-bond acceptors (Lipinski definition) is 6. The van der Waals surface area contributed by atoms with Crippen LogP contribution in [0.3, 0.4) is 0 Å². The standard InChI is InChI=1S/C25H30N2O4S2/c1-25(2,28)20-9-11-21(12-10-20)27-14-13-26(33(29,30)24-8-5-15-32-24)18-22(27)16-19-6-4-7-23(17-19)31-3/h4-12,15,17,22,28H,13-14,16,18H2,1-3H3/t22-/m1/s1. The van der Waals surface area contributed by atoms with Crippen LogP contribution in [0.5, 0.6) is 5.75 Å². The lowest BCUT2D eigenvalue weighted by molar-refractivity contribution is 0.0786.